The first kappa shape index (κ1) is 19.6. The van der Waals surface area contributed by atoms with Gasteiger partial charge in [-0.15, -0.1) is 0 Å². The number of amides is 1. The minimum absolute atomic E-state index is 0.0937. The molecule has 0 bridgehead atoms. The highest BCUT2D eigenvalue weighted by Gasteiger charge is 2.20. The quantitative estimate of drug-likeness (QED) is 0.877. The van der Waals surface area contributed by atoms with Crippen molar-refractivity contribution >= 4 is 5.91 Å². The zero-order chi connectivity index (χ0) is 19.3. The molecule has 1 aliphatic heterocycles. The number of nitrogens with one attached hydrogen (secondary N) is 1. The molecule has 1 saturated heterocycles. The number of aromatic nitrogens is 1. The fraction of sp³-hybridized carbons (Fsp3) is 0.524. The summed E-state index contributed by atoms with van der Waals surface area (Å²) in [6, 6.07) is 10.0. The summed E-state index contributed by atoms with van der Waals surface area (Å²) < 4.78 is 5.93. The van der Waals surface area contributed by atoms with Crippen LogP contribution in [0.4, 0.5) is 0 Å². The Balaban J connectivity index is 1.50. The molecule has 0 atom stereocenters. The zero-order valence-electron chi connectivity index (χ0n) is 16.6. The number of benzene rings is 1. The van der Waals surface area contributed by atoms with Crippen molar-refractivity contribution in [3.8, 4) is 11.3 Å². The molecule has 3 rings (SSSR count). The van der Waals surface area contributed by atoms with Crippen LogP contribution in [0.25, 0.3) is 11.3 Å². The second-order valence-electron chi connectivity index (χ2n) is 8.19. The van der Waals surface area contributed by atoms with Gasteiger partial charge in [0, 0.05) is 24.2 Å². The van der Waals surface area contributed by atoms with E-state index in [-0.39, 0.29) is 11.4 Å². The molecular formula is C21H30N4O2. The summed E-state index contributed by atoms with van der Waals surface area (Å²) in [5.74, 6) is 1.64. The lowest BCUT2D eigenvalue weighted by molar-refractivity contribution is -0.123. The zero-order valence-corrected chi connectivity index (χ0v) is 16.6. The van der Waals surface area contributed by atoms with Gasteiger partial charge in [0.1, 0.15) is 0 Å². The van der Waals surface area contributed by atoms with E-state index in [1.54, 1.807) is 6.20 Å². The van der Waals surface area contributed by atoms with E-state index in [9.17, 15) is 4.79 Å². The second-order valence-corrected chi connectivity index (χ2v) is 8.19. The summed E-state index contributed by atoms with van der Waals surface area (Å²) in [6.07, 6.45) is 2.83. The van der Waals surface area contributed by atoms with Crippen LogP contribution in [0, 0.1) is 0 Å². The van der Waals surface area contributed by atoms with Gasteiger partial charge in [0.25, 0.3) is 0 Å². The summed E-state index contributed by atoms with van der Waals surface area (Å²) in [5, 5.41) is 3.04. The molecule has 27 heavy (non-hydrogen) atoms. The SMILES string of the molecule is CC(C)(C)NC(=O)CN1CCCN(Cc2ncc(-c3ccccc3)o2)CC1. The number of nitrogens with zero attached hydrogens (tertiary/aromatic N) is 3. The minimum atomic E-state index is -0.184. The first-order chi connectivity index (χ1) is 12.9. The van der Waals surface area contributed by atoms with Crippen molar-refractivity contribution in [2.75, 3.05) is 32.7 Å². The first-order valence-corrected chi connectivity index (χ1v) is 9.65. The maximum absolute atomic E-state index is 12.2. The maximum atomic E-state index is 12.2. The molecule has 0 radical (unpaired) electrons. The average molecular weight is 370 g/mol. The summed E-state index contributed by atoms with van der Waals surface area (Å²) in [5.41, 5.74) is 0.860. The predicted octanol–water partition coefficient (Wildman–Crippen LogP) is 2.76. The van der Waals surface area contributed by atoms with Gasteiger partial charge in [-0.25, -0.2) is 4.98 Å². The van der Waals surface area contributed by atoms with Crippen molar-refractivity contribution in [3.05, 3.63) is 42.4 Å². The molecule has 2 heterocycles. The lowest BCUT2D eigenvalue weighted by atomic mass is 10.1. The van der Waals surface area contributed by atoms with Crippen molar-refractivity contribution in [2.45, 2.75) is 39.3 Å². The lowest BCUT2D eigenvalue weighted by Crippen LogP contribution is -2.46. The van der Waals surface area contributed by atoms with Crippen LogP contribution < -0.4 is 5.32 Å². The fourth-order valence-electron chi connectivity index (χ4n) is 3.31. The van der Waals surface area contributed by atoms with Crippen LogP contribution >= 0.6 is 0 Å². The third-order valence-corrected chi connectivity index (χ3v) is 4.53. The van der Waals surface area contributed by atoms with E-state index < -0.39 is 0 Å². The van der Waals surface area contributed by atoms with Crippen LogP contribution in [0.1, 0.15) is 33.1 Å². The van der Waals surface area contributed by atoms with Crippen molar-refractivity contribution in [2.24, 2.45) is 0 Å². The summed E-state index contributed by atoms with van der Waals surface area (Å²) in [6.45, 7) is 10.9. The van der Waals surface area contributed by atoms with Gasteiger partial charge in [-0.3, -0.25) is 14.6 Å². The largest absolute Gasteiger partial charge is 0.439 e. The predicted molar refractivity (Wildman–Crippen MR) is 106 cm³/mol. The van der Waals surface area contributed by atoms with Crippen LogP contribution in [0.2, 0.25) is 0 Å². The smallest absolute Gasteiger partial charge is 0.234 e. The van der Waals surface area contributed by atoms with Crippen LogP contribution in [0.5, 0.6) is 0 Å². The Kier molecular flexibility index (Phi) is 6.29. The molecule has 1 fully saturated rings. The molecule has 0 spiro atoms. The summed E-state index contributed by atoms with van der Waals surface area (Å²) >= 11 is 0. The Morgan fingerprint density at radius 1 is 1.11 bits per heavy atom. The number of hydrogen-bond acceptors (Lipinski definition) is 5. The van der Waals surface area contributed by atoms with Gasteiger partial charge in [0.05, 0.1) is 19.3 Å². The molecule has 1 aromatic heterocycles. The normalized spacial score (nSPS) is 16.9. The number of carbonyl (C=O) groups excluding carboxylic acids is 1. The molecule has 1 amide bonds. The Morgan fingerprint density at radius 3 is 2.56 bits per heavy atom. The molecular weight excluding hydrogens is 340 g/mol. The van der Waals surface area contributed by atoms with Crippen molar-refractivity contribution < 1.29 is 9.21 Å². The Hall–Kier alpha value is -2.18. The summed E-state index contributed by atoms with van der Waals surface area (Å²) in [4.78, 5) is 21.2. The van der Waals surface area contributed by atoms with Gasteiger partial charge in [-0.05, 0) is 40.3 Å². The van der Waals surface area contributed by atoms with Crippen LogP contribution in [-0.2, 0) is 11.3 Å². The molecule has 2 aromatic rings. The summed E-state index contributed by atoms with van der Waals surface area (Å²) in [7, 11) is 0. The van der Waals surface area contributed by atoms with Crippen LogP contribution in [0.3, 0.4) is 0 Å². The highest BCUT2D eigenvalue weighted by molar-refractivity contribution is 5.78. The number of oxazole rings is 1. The van der Waals surface area contributed by atoms with Gasteiger partial charge in [0.2, 0.25) is 11.8 Å². The Morgan fingerprint density at radius 2 is 1.81 bits per heavy atom. The Labute approximate surface area is 161 Å². The number of carbonyl (C=O) groups is 1. The average Bonchev–Trinajstić information content (AvgIpc) is 2.96. The van der Waals surface area contributed by atoms with Gasteiger partial charge in [-0.1, -0.05) is 30.3 Å². The molecule has 1 aliphatic rings. The highest BCUT2D eigenvalue weighted by Crippen LogP contribution is 2.20. The standard InChI is InChI=1S/C21H30N4O2/c1-21(2,3)23-19(26)15-24-10-7-11-25(13-12-24)16-20-22-14-18(27-20)17-8-5-4-6-9-17/h4-6,8-9,14H,7,10-13,15-16H2,1-3H3,(H,23,26). The van der Waals surface area contributed by atoms with Gasteiger partial charge in [0.15, 0.2) is 5.76 Å². The molecule has 146 valence electrons. The van der Waals surface area contributed by atoms with Crippen LogP contribution in [0.15, 0.2) is 40.9 Å². The van der Waals surface area contributed by atoms with E-state index in [2.05, 4.69) is 20.1 Å². The highest BCUT2D eigenvalue weighted by atomic mass is 16.4. The maximum Gasteiger partial charge on any atom is 0.234 e. The van der Waals surface area contributed by atoms with Crippen LogP contribution in [-0.4, -0.2) is 59.0 Å². The molecule has 6 nitrogen and oxygen atoms in total. The third kappa shape index (κ3) is 6.19. The fourth-order valence-corrected chi connectivity index (χ4v) is 3.31. The second kappa shape index (κ2) is 8.67. The van der Waals surface area contributed by atoms with E-state index in [0.717, 1.165) is 49.8 Å². The molecule has 0 saturated carbocycles. The van der Waals surface area contributed by atoms with Crippen molar-refractivity contribution in [1.29, 1.82) is 0 Å². The minimum Gasteiger partial charge on any atom is -0.439 e. The van der Waals surface area contributed by atoms with E-state index in [4.69, 9.17) is 4.42 Å². The molecule has 1 N–H and O–H groups in total. The number of hydrogen-bond donors (Lipinski definition) is 1. The van der Waals surface area contributed by atoms with E-state index in [0.29, 0.717) is 13.1 Å². The third-order valence-electron chi connectivity index (χ3n) is 4.53. The van der Waals surface area contributed by atoms with Crippen molar-refractivity contribution in [3.63, 3.8) is 0 Å². The first-order valence-electron chi connectivity index (χ1n) is 9.65. The van der Waals surface area contributed by atoms with Gasteiger partial charge < -0.3 is 9.73 Å². The molecule has 1 aromatic carbocycles. The number of rotatable bonds is 5. The molecule has 0 unspecified atom stereocenters. The van der Waals surface area contributed by atoms with E-state index >= 15 is 0 Å². The topological polar surface area (TPSA) is 61.6 Å². The lowest BCUT2D eigenvalue weighted by Gasteiger charge is -2.24. The van der Waals surface area contributed by atoms with Crippen molar-refractivity contribution in [1.82, 2.24) is 20.1 Å². The van der Waals surface area contributed by atoms with E-state index in [1.165, 1.54) is 0 Å². The molecule has 0 aliphatic carbocycles. The Bertz CT molecular complexity index is 736. The molecule has 6 heteroatoms. The van der Waals surface area contributed by atoms with Gasteiger partial charge >= 0.3 is 0 Å². The van der Waals surface area contributed by atoms with E-state index in [1.807, 2.05) is 51.1 Å². The van der Waals surface area contributed by atoms with Gasteiger partial charge in [-0.2, -0.15) is 0 Å². The monoisotopic (exact) mass is 370 g/mol.